The van der Waals surface area contributed by atoms with Gasteiger partial charge in [-0.05, 0) is 48.9 Å². The lowest BCUT2D eigenvalue weighted by Crippen LogP contribution is -2.15. The van der Waals surface area contributed by atoms with E-state index in [1.165, 1.54) is 19.1 Å². The number of carbonyl (C=O) groups is 3. The van der Waals surface area contributed by atoms with Gasteiger partial charge in [-0.2, -0.15) is 0 Å². The summed E-state index contributed by atoms with van der Waals surface area (Å²) in [4.78, 5) is 36.1. The highest BCUT2D eigenvalue weighted by atomic mass is 16.5. The molecule has 3 rings (SSSR count). The third kappa shape index (κ3) is 6.40. The molecule has 6 nitrogen and oxygen atoms in total. The fraction of sp³-hybridized carbons (Fsp3) is 0.0800. The molecule has 3 aromatic rings. The SMILES string of the molecule is CC(=O)Oc1cccc(C(=O)Nc2ccccc2NC(=O)/C=C/c2ccc(C)cc2)c1. The monoisotopic (exact) mass is 414 g/mol. The molecule has 0 aliphatic heterocycles. The van der Waals surface area contributed by atoms with Gasteiger partial charge in [0.05, 0.1) is 11.4 Å². The number of hydrogen-bond donors (Lipinski definition) is 2. The van der Waals surface area contributed by atoms with Crippen LogP contribution in [0.3, 0.4) is 0 Å². The van der Waals surface area contributed by atoms with Crippen molar-refractivity contribution in [2.24, 2.45) is 0 Å². The van der Waals surface area contributed by atoms with Gasteiger partial charge in [0.1, 0.15) is 5.75 Å². The van der Waals surface area contributed by atoms with Gasteiger partial charge in [0.2, 0.25) is 5.91 Å². The van der Waals surface area contributed by atoms with Gasteiger partial charge in [-0.1, -0.05) is 48.0 Å². The summed E-state index contributed by atoms with van der Waals surface area (Å²) in [6.07, 6.45) is 3.16. The predicted molar refractivity (Wildman–Crippen MR) is 121 cm³/mol. The number of esters is 1. The standard InChI is InChI=1S/C25H22N2O4/c1-17-10-12-19(13-11-17)14-15-24(29)26-22-8-3-4-9-23(22)27-25(30)20-6-5-7-21(16-20)31-18(2)28/h3-16H,1-2H3,(H,26,29)(H,27,30)/b15-14+. The first kappa shape index (κ1) is 21.5. The van der Waals surface area contributed by atoms with Crippen LogP contribution in [0.25, 0.3) is 6.08 Å². The quantitative estimate of drug-likeness (QED) is 0.344. The fourth-order valence-corrected chi connectivity index (χ4v) is 2.79. The van der Waals surface area contributed by atoms with E-state index in [-0.39, 0.29) is 11.7 Å². The van der Waals surface area contributed by atoms with E-state index >= 15 is 0 Å². The summed E-state index contributed by atoms with van der Waals surface area (Å²) in [5.74, 6) is -0.905. The number of ether oxygens (including phenoxy) is 1. The van der Waals surface area contributed by atoms with Crippen molar-refractivity contribution in [1.82, 2.24) is 0 Å². The maximum absolute atomic E-state index is 12.7. The lowest BCUT2D eigenvalue weighted by atomic mass is 10.1. The molecule has 2 N–H and O–H groups in total. The van der Waals surface area contributed by atoms with Crippen LogP contribution in [0.5, 0.6) is 5.75 Å². The molecule has 0 unspecified atom stereocenters. The Morgan fingerprint density at radius 2 is 1.52 bits per heavy atom. The number of aryl methyl sites for hydroxylation is 1. The molecule has 6 heteroatoms. The highest BCUT2D eigenvalue weighted by molar-refractivity contribution is 6.09. The lowest BCUT2D eigenvalue weighted by Gasteiger charge is -2.12. The molecule has 156 valence electrons. The molecule has 0 aromatic heterocycles. The normalized spacial score (nSPS) is 10.5. The first-order chi connectivity index (χ1) is 14.9. The average molecular weight is 414 g/mol. The van der Waals surface area contributed by atoms with Crippen molar-refractivity contribution in [2.45, 2.75) is 13.8 Å². The van der Waals surface area contributed by atoms with E-state index in [4.69, 9.17) is 4.74 Å². The topological polar surface area (TPSA) is 84.5 Å². The average Bonchev–Trinajstić information content (AvgIpc) is 2.74. The zero-order valence-corrected chi connectivity index (χ0v) is 17.2. The third-order valence-electron chi connectivity index (χ3n) is 4.30. The number of nitrogens with one attached hydrogen (secondary N) is 2. The second-order valence-electron chi connectivity index (χ2n) is 6.85. The minimum absolute atomic E-state index is 0.281. The summed E-state index contributed by atoms with van der Waals surface area (Å²) in [5.41, 5.74) is 3.28. The first-order valence-corrected chi connectivity index (χ1v) is 9.65. The van der Waals surface area contributed by atoms with Crippen molar-refractivity contribution >= 4 is 35.2 Å². The minimum Gasteiger partial charge on any atom is -0.427 e. The molecule has 0 aliphatic carbocycles. The zero-order chi connectivity index (χ0) is 22.2. The van der Waals surface area contributed by atoms with Gasteiger partial charge in [-0.25, -0.2) is 0 Å². The molecule has 3 aromatic carbocycles. The summed E-state index contributed by atoms with van der Waals surface area (Å²) in [6, 6.07) is 21.0. The second kappa shape index (κ2) is 10.0. The number of rotatable bonds is 6. The Bertz CT molecular complexity index is 1130. The summed E-state index contributed by atoms with van der Waals surface area (Å²) < 4.78 is 5.02. The minimum atomic E-state index is -0.468. The number of anilines is 2. The maximum Gasteiger partial charge on any atom is 0.308 e. The van der Waals surface area contributed by atoms with E-state index in [2.05, 4.69) is 10.6 Å². The molecule has 0 heterocycles. The Labute approximate surface area is 180 Å². The molecular weight excluding hydrogens is 392 g/mol. The van der Waals surface area contributed by atoms with Gasteiger partial charge in [0.15, 0.2) is 0 Å². The van der Waals surface area contributed by atoms with E-state index in [0.29, 0.717) is 16.9 Å². The number of amides is 2. The van der Waals surface area contributed by atoms with E-state index in [0.717, 1.165) is 11.1 Å². The molecule has 0 saturated heterocycles. The Morgan fingerprint density at radius 3 is 2.19 bits per heavy atom. The van der Waals surface area contributed by atoms with Gasteiger partial charge < -0.3 is 15.4 Å². The third-order valence-corrected chi connectivity index (χ3v) is 4.30. The highest BCUT2D eigenvalue weighted by Gasteiger charge is 2.11. The Balaban J connectivity index is 1.70. The van der Waals surface area contributed by atoms with Gasteiger partial charge in [-0.15, -0.1) is 0 Å². The van der Waals surface area contributed by atoms with Crippen molar-refractivity contribution in [1.29, 1.82) is 0 Å². The van der Waals surface area contributed by atoms with Crippen molar-refractivity contribution in [2.75, 3.05) is 10.6 Å². The van der Waals surface area contributed by atoms with E-state index < -0.39 is 11.9 Å². The molecule has 0 fully saturated rings. The summed E-state index contributed by atoms with van der Waals surface area (Å²) in [6.45, 7) is 3.29. The molecular formula is C25H22N2O4. The Kier molecular flexibility index (Phi) is 6.96. The molecule has 2 amide bonds. The van der Waals surface area contributed by atoms with E-state index in [9.17, 15) is 14.4 Å². The van der Waals surface area contributed by atoms with Crippen LogP contribution < -0.4 is 15.4 Å². The summed E-state index contributed by atoms with van der Waals surface area (Å²) >= 11 is 0. The van der Waals surface area contributed by atoms with Crippen LogP contribution in [0.15, 0.2) is 78.9 Å². The zero-order valence-electron chi connectivity index (χ0n) is 17.2. The van der Waals surface area contributed by atoms with Crippen molar-refractivity contribution in [3.05, 3.63) is 95.6 Å². The molecule has 0 bridgehead atoms. The summed E-state index contributed by atoms with van der Waals surface area (Å²) in [5, 5.41) is 5.55. The van der Waals surface area contributed by atoms with Gasteiger partial charge in [-0.3, -0.25) is 14.4 Å². The van der Waals surface area contributed by atoms with Crippen LogP contribution in [0.1, 0.15) is 28.4 Å². The predicted octanol–water partition coefficient (Wildman–Crippen LogP) is 4.82. The number of benzene rings is 3. The largest absolute Gasteiger partial charge is 0.427 e. The maximum atomic E-state index is 12.7. The molecule has 0 spiro atoms. The van der Waals surface area contributed by atoms with Gasteiger partial charge in [0.25, 0.3) is 5.91 Å². The Hall–Kier alpha value is -4.19. The Morgan fingerprint density at radius 1 is 0.839 bits per heavy atom. The second-order valence-corrected chi connectivity index (χ2v) is 6.85. The van der Waals surface area contributed by atoms with Crippen LogP contribution in [0.2, 0.25) is 0 Å². The number of para-hydroxylation sites is 2. The number of carbonyl (C=O) groups excluding carboxylic acids is 3. The molecule has 31 heavy (non-hydrogen) atoms. The number of hydrogen-bond acceptors (Lipinski definition) is 4. The van der Waals surface area contributed by atoms with Crippen LogP contribution in [0.4, 0.5) is 11.4 Å². The van der Waals surface area contributed by atoms with Crippen LogP contribution in [-0.2, 0) is 9.59 Å². The van der Waals surface area contributed by atoms with Crippen LogP contribution in [-0.4, -0.2) is 17.8 Å². The van der Waals surface area contributed by atoms with Crippen molar-refractivity contribution in [3.8, 4) is 5.75 Å². The molecule has 0 radical (unpaired) electrons. The van der Waals surface area contributed by atoms with E-state index in [1.54, 1.807) is 48.5 Å². The molecule has 0 saturated carbocycles. The van der Waals surface area contributed by atoms with Gasteiger partial charge in [0, 0.05) is 18.6 Å². The van der Waals surface area contributed by atoms with E-state index in [1.807, 2.05) is 31.2 Å². The molecule has 0 aliphatic rings. The first-order valence-electron chi connectivity index (χ1n) is 9.65. The smallest absolute Gasteiger partial charge is 0.308 e. The van der Waals surface area contributed by atoms with Crippen molar-refractivity contribution < 1.29 is 19.1 Å². The fourth-order valence-electron chi connectivity index (χ4n) is 2.79. The van der Waals surface area contributed by atoms with Gasteiger partial charge >= 0.3 is 5.97 Å². The van der Waals surface area contributed by atoms with Crippen molar-refractivity contribution in [3.63, 3.8) is 0 Å². The summed E-state index contributed by atoms with van der Waals surface area (Å²) in [7, 11) is 0. The van der Waals surface area contributed by atoms with Crippen LogP contribution >= 0.6 is 0 Å². The highest BCUT2D eigenvalue weighted by Crippen LogP contribution is 2.23. The lowest BCUT2D eigenvalue weighted by molar-refractivity contribution is -0.131. The van der Waals surface area contributed by atoms with Crippen LogP contribution in [0, 0.1) is 6.92 Å². The molecule has 0 atom stereocenters.